The summed E-state index contributed by atoms with van der Waals surface area (Å²) in [6.07, 6.45) is 12.8. The van der Waals surface area contributed by atoms with Crippen LogP contribution in [0.15, 0.2) is 48.6 Å². The smallest absolute Gasteiger partial charge is 0.335 e. The van der Waals surface area contributed by atoms with Crippen LogP contribution in [0, 0.1) is 0 Å². The zero-order valence-electron chi connectivity index (χ0n) is 14.1. The zero-order chi connectivity index (χ0) is 17.4. The van der Waals surface area contributed by atoms with E-state index in [0.717, 1.165) is 31.2 Å². The highest BCUT2D eigenvalue weighted by Gasteiger charge is 2.28. The Bertz CT molecular complexity index is 616. The molecule has 1 aromatic rings. The number of rotatable bonds is 8. The van der Waals surface area contributed by atoms with Crippen LogP contribution in [0.4, 0.5) is 0 Å². The van der Waals surface area contributed by atoms with E-state index in [1.54, 1.807) is 12.1 Å². The molecular weight excluding hydrogens is 302 g/mol. The lowest BCUT2D eigenvalue weighted by Crippen LogP contribution is -2.33. The van der Waals surface area contributed by atoms with Gasteiger partial charge in [0.2, 0.25) is 5.91 Å². The molecule has 1 atom stereocenters. The fraction of sp³-hybridized carbons (Fsp3) is 0.400. The molecule has 0 spiro atoms. The van der Waals surface area contributed by atoms with Gasteiger partial charge in [-0.15, -0.1) is 0 Å². The van der Waals surface area contributed by atoms with Crippen molar-refractivity contribution in [1.82, 2.24) is 4.90 Å². The van der Waals surface area contributed by atoms with Gasteiger partial charge >= 0.3 is 5.97 Å². The number of carboxylic acid groups (broad SMARTS) is 1. The third kappa shape index (κ3) is 5.08. The van der Waals surface area contributed by atoms with Gasteiger partial charge in [-0.25, -0.2) is 4.79 Å². The molecule has 1 N–H and O–H groups in total. The van der Waals surface area contributed by atoms with Gasteiger partial charge in [-0.2, -0.15) is 0 Å². The van der Waals surface area contributed by atoms with E-state index in [-0.39, 0.29) is 17.5 Å². The lowest BCUT2D eigenvalue weighted by Gasteiger charge is -2.22. The second-order valence-corrected chi connectivity index (χ2v) is 6.05. The first-order valence-electron chi connectivity index (χ1n) is 8.57. The Hall–Kier alpha value is -2.36. The summed E-state index contributed by atoms with van der Waals surface area (Å²) in [4.78, 5) is 24.9. The van der Waals surface area contributed by atoms with E-state index in [2.05, 4.69) is 25.2 Å². The van der Waals surface area contributed by atoms with Gasteiger partial charge in [0.25, 0.3) is 0 Å². The Morgan fingerprint density at radius 2 is 2.04 bits per heavy atom. The van der Waals surface area contributed by atoms with Gasteiger partial charge in [0, 0.05) is 13.0 Å². The summed E-state index contributed by atoms with van der Waals surface area (Å²) in [5.41, 5.74) is 1.33. The summed E-state index contributed by atoms with van der Waals surface area (Å²) in [6, 6.07) is 7.03. The Kier molecular flexibility index (Phi) is 6.79. The number of hydrogen-bond acceptors (Lipinski definition) is 2. The van der Waals surface area contributed by atoms with Crippen molar-refractivity contribution in [2.45, 2.75) is 45.1 Å². The first-order chi connectivity index (χ1) is 11.6. The molecule has 1 aromatic carbocycles. The van der Waals surface area contributed by atoms with E-state index >= 15 is 0 Å². The van der Waals surface area contributed by atoms with Gasteiger partial charge < -0.3 is 10.0 Å². The van der Waals surface area contributed by atoms with Crippen molar-refractivity contribution in [2.24, 2.45) is 0 Å². The number of carbonyl (C=O) groups is 2. The van der Waals surface area contributed by atoms with Gasteiger partial charge in [0.05, 0.1) is 11.6 Å². The number of aromatic carboxylic acids is 1. The molecule has 24 heavy (non-hydrogen) atoms. The molecule has 0 saturated carbocycles. The van der Waals surface area contributed by atoms with E-state index < -0.39 is 5.97 Å². The van der Waals surface area contributed by atoms with Crippen LogP contribution in [-0.2, 0) is 11.2 Å². The molecule has 1 fully saturated rings. The molecule has 4 heteroatoms. The van der Waals surface area contributed by atoms with Crippen molar-refractivity contribution in [2.75, 3.05) is 6.54 Å². The number of likely N-dealkylation sites (tertiary alicyclic amines) is 1. The molecule has 128 valence electrons. The minimum Gasteiger partial charge on any atom is -0.478 e. The van der Waals surface area contributed by atoms with Crippen LogP contribution in [0.25, 0.3) is 0 Å². The summed E-state index contributed by atoms with van der Waals surface area (Å²) in [5.74, 6) is -0.720. The average Bonchev–Trinajstić information content (AvgIpc) is 2.93. The predicted molar refractivity (Wildman–Crippen MR) is 95.0 cm³/mol. The van der Waals surface area contributed by atoms with Gasteiger partial charge in [-0.3, -0.25) is 4.79 Å². The van der Waals surface area contributed by atoms with Crippen molar-refractivity contribution in [1.29, 1.82) is 0 Å². The number of benzene rings is 1. The van der Waals surface area contributed by atoms with Gasteiger partial charge in [-0.1, -0.05) is 49.8 Å². The van der Waals surface area contributed by atoms with E-state index in [1.807, 2.05) is 23.1 Å². The lowest BCUT2D eigenvalue weighted by molar-refractivity contribution is -0.128. The van der Waals surface area contributed by atoms with Crippen molar-refractivity contribution >= 4 is 11.9 Å². The molecule has 1 aliphatic heterocycles. The quantitative estimate of drug-likeness (QED) is 0.738. The van der Waals surface area contributed by atoms with Crippen LogP contribution in [0.1, 0.15) is 48.5 Å². The molecule has 0 aromatic heterocycles. The van der Waals surface area contributed by atoms with Crippen molar-refractivity contribution < 1.29 is 14.7 Å². The van der Waals surface area contributed by atoms with E-state index in [1.165, 1.54) is 0 Å². The summed E-state index contributed by atoms with van der Waals surface area (Å²) in [5, 5.41) is 8.92. The first-order valence-corrected chi connectivity index (χ1v) is 8.57. The SMILES string of the molecule is CCCC=CC=C[C@H]1CCC(=O)N1CCc1ccc(C(=O)O)cc1. The van der Waals surface area contributed by atoms with Crippen molar-refractivity contribution in [3.05, 3.63) is 59.7 Å². The molecule has 1 saturated heterocycles. The second kappa shape index (κ2) is 9.06. The molecule has 2 rings (SSSR count). The standard InChI is InChI=1S/C20H25NO3/c1-2-3-4-5-6-7-18-12-13-19(22)21(18)15-14-16-8-10-17(11-9-16)20(23)24/h4-11,18H,2-3,12-15H2,1H3,(H,23,24)/t18-/m0/s1. The fourth-order valence-electron chi connectivity index (χ4n) is 2.84. The second-order valence-electron chi connectivity index (χ2n) is 6.05. The molecule has 1 amide bonds. The number of nitrogens with zero attached hydrogens (tertiary/aromatic N) is 1. The number of allylic oxidation sites excluding steroid dienone is 3. The Morgan fingerprint density at radius 1 is 1.29 bits per heavy atom. The summed E-state index contributed by atoms with van der Waals surface area (Å²) in [6.45, 7) is 2.81. The highest BCUT2D eigenvalue weighted by molar-refractivity contribution is 5.87. The lowest BCUT2D eigenvalue weighted by atomic mass is 10.1. The molecule has 4 nitrogen and oxygen atoms in total. The van der Waals surface area contributed by atoms with Crippen LogP contribution in [0.2, 0.25) is 0 Å². The number of carboxylic acids is 1. The van der Waals surface area contributed by atoms with Gasteiger partial charge in [-0.05, 0) is 37.0 Å². The van der Waals surface area contributed by atoms with Gasteiger partial charge in [0.1, 0.15) is 0 Å². The van der Waals surface area contributed by atoms with Crippen molar-refractivity contribution in [3.63, 3.8) is 0 Å². The average molecular weight is 327 g/mol. The summed E-state index contributed by atoms with van der Waals surface area (Å²) in [7, 11) is 0. The normalized spacial score (nSPS) is 18.1. The number of unbranched alkanes of at least 4 members (excludes halogenated alkanes) is 1. The fourth-order valence-corrected chi connectivity index (χ4v) is 2.84. The van der Waals surface area contributed by atoms with Gasteiger partial charge in [0.15, 0.2) is 0 Å². The molecule has 1 heterocycles. The van der Waals surface area contributed by atoms with Crippen molar-refractivity contribution in [3.8, 4) is 0 Å². The molecule has 0 bridgehead atoms. The van der Waals surface area contributed by atoms with E-state index in [0.29, 0.717) is 13.0 Å². The number of carbonyl (C=O) groups excluding carboxylic acids is 1. The molecule has 0 radical (unpaired) electrons. The number of hydrogen-bond donors (Lipinski definition) is 1. The third-order valence-corrected chi connectivity index (χ3v) is 4.25. The Morgan fingerprint density at radius 3 is 2.71 bits per heavy atom. The molecule has 0 unspecified atom stereocenters. The van der Waals surface area contributed by atoms with Crippen LogP contribution < -0.4 is 0 Å². The molecular formula is C20H25NO3. The maximum Gasteiger partial charge on any atom is 0.335 e. The topological polar surface area (TPSA) is 57.6 Å². The minimum absolute atomic E-state index is 0.169. The predicted octanol–water partition coefficient (Wildman–Crippen LogP) is 3.83. The zero-order valence-corrected chi connectivity index (χ0v) is 14.1. The molecule has 0 aliphatic carbocycles. The summed E-state index contributed by atoms with van der Waals surface area (Å²) >= 11 is 0. The summed E-state index contributed by atoms with van der Waals surface area (Å²) < 4.78 is 0. The molecule has 1 aliphatic rings. The maximum atomic E-state index is 12.1. The van der Waals surface area contributed by atoms with Crippen LogP contribution in [0.3, 0.4) is 0 Å². The van der Waals surface area contributed by atoms with Crippen LogP contribution in [-0.4, -0.2) is 34.5 Å². The number of amides is 1. The maximum absolute atomic E-state index is 12.1. The largest absolute Gasteiger partial charge is 0.478 e. The minimum atomic E-state index is -0.919. The van der Waals surface area contributed by atoms with E-state index in [4.69, 9.17) is 5.11 Å². The third-order valence-electron chi connectivity index (χ3n) is 4.25. The van der Waals surface area contributed by atoms with Crippen LogP contribution in [0.5, 0.6) is 0 Å². The van der Waals surface area contributed by atoms with Crippen LogP contribution >= 0.6 is 0 Å². The highest BCUT2D eigenvalue weighted by Crippen LogP contribution is 2.20. The van der Waals surface area contributed by atoms with E-state index in [9.17, 15) is 9.59 Å². The monoisotopic (exact) mass is 327 g/mol. The Balaban J connectivity index is 1.91. The highest BCUT2D eigenvalue weighted by atomic mass is 16.4. The first kappa shape index (κ1) is 18.0. The Labute approximate surface area is 143 Å².